The monoisotopic (exact) mass is 419 g/mol. The lowest BCUT2D eigenvalue weighted by Gasteiger charge is -2.09. The van der Waals surface area contributed by atoms with Gasteiger partial charge in [-0.3, -0.25) is 14.2 Å². The van der Waals surface area contributed by atoms with Gasteiger partial charge >= 0.3 is 11.7 Å². The van der Waals surface area contributed by atoms with Crippen molar-refractivity contribution in [2.75, 3.05) is 11.9 Å². The highest BCUT2D eigenvalue weighted by Gasteiger charge is 2.21. The first kappa shape index (κ1) is 20.5. The quantitative estimate of drug-likeness (QED) is 0.593. The van der Waals surface area contributed by atoms with Gasteiger partial charge in [-0.25, -0.2) is 19.1 Å². The predicted molar refractivity (Wildman–Crippen MR) is 108 cm³/mol. The van der Waals surface area contributed by atoms with E-state index in [0.717, 1.165) is 9.44 Å². The number of nitrogens with zero attached hydrogens (tertiary/aromatic N) is 4. The standard InChI is InChI=1S/C18H21N5O5S/c1-5-10-7-11(17(26)28-6-2)15(29-10)20-12(24)8-23-16(25)13-14(19-9-21(13)3)22(4)18(23)27/h7,9H,5-6,8H2,1-4H3,(H,20,24). The van der Waals surface area contributed by atoms with Gasteiger partial charge in [0, 0.05) is 19.0 Å². The number of amides is 1. The minimum absolute atomic E-state index is 0.208. The van der Waals surface area contributed by atoms with Crippen molar-refractivity contribution in [3.05, 3.63) is 43.7 Å². The molecule has 0 aliphatic carbocycles. The van der Waals surface area contributed by atoms with Crippen LogP contribution in [0, 0.1) is 0 Å². The normalized spacial score (nSPS) is 11.0. The van der Waals surface area contributed by atoms with Crippen LogP contribution >= 0.6 is 11.3 Å². The van der Waals surface area contributed by atoms with Crippen LogP contribution in [-0.2, 0) is 36.6 Å². The summed E-state index contributed by atoms with van der Waals surface area (Å²) in [5.74, 6) is -1.14. The molecule has 0 saturated carbocycles. The number of rotatable bonds is 6. The number of carbonyl (C=O) groups is 2. The Morgan fingerprint density at radius 3 is 2.62 bits per heavy atom. The summed E-state index contributed by atoms with van der Waals surface area (Å²) < 4.78 is 8.59. The first-order valence-corrected chi connectivity index (χ1v) is 9.80. The molecule has 0 unspecified atom stereocenters. The molecule has 10 nitrogen and oxygen atoms in total. The average Bonchev–Trinajstić information content (AvgIpc) is 3.27. The number of hydrogen-bond acceptors (Lipinski definition) is 7. The lowest BCUT2D eigenvalue weighted by atomic mass is 10.2. The number of carbonyl (C=O) groups excluding carboxylic acids is 2. The third-order valence-corrected chi connectivity index (χ3v) is 5.58. The lowest BCUT2D eigenvalue weighted by molar-refractivity contribution is -0.116. The Kier molecular flexibility index (Phi) is 5.69. The van der Waals surface area contributed by atoms with Crippen LogP contribution in [-0.4, -0.2) is 37.2 Å². The van der Waals surface area contributed by atoms with E-state index in [9.17, 15) is 19.2 Å². The van der Waals surface area contributed by atoms with Crippen LogP contribution in [0.2, 0.25) is 0 Å². The molecule has 3 aromatic heterocycles. The number of fused-ring (bicyclic) bond motifs is 1. The molecule has 0 atom stereocenters. The second-order valence-corrected chi connectivity index (χ2v) is 7.48. The number of esters is 1. The van der Waals surface area contributed by atoms with E-state index < -0.39 is 29.7 Å². The van der Waals surface area contributed by atoms with Crippen molar-refractivity contribution in [3.63, 3.8) is 0 Å². The number of nitrogens with one attached hydrogen (secondary N) is 1. The van der Waals surface area contributed by atoms with Gasteiger partial charge in [-0.1, -0.05) is 6.92 Å². The van der Waals surface area contributed by atoms with E-state index in [1.54, 1.807) is 20.0 Å². The van der Waals surface area contributed by atoms with Crippen LogP contribution in [0.3, 0.4) is 0 Å². The smallest absolute Gasteiger partial charge is 0.341 e. The van der Waals surface area contributed by atoms with E-state index in [1.807, 2.05) is 6.92 Å². The molecule has 3 heterocycles. The van der Waals surface area contributed by atoms with Crippen molar-refractivity contribution in [3.8, 4) is 0 Å². The van der Waals surface area contributed by atoms with Gasteiger partial charge in [0.05, 0.1) is 18.5 Å². The van der Waals surface area contributed by atoms with Gasteiger partial charge in [-0.05, 0) is 19.4 Å². The second kappa shape index (κ2) is 8.03. The maximum Gasteiger partial charge on any atom is 0.341 e. The summed E-state index contributed by atoms with van der Waals surface area (Å²) in [5, 5.41) is 2.96. The van der Waals surface area contributed by atoms with Gasteiger partial charge in [0.25, 0.3) is 5.56 Å². The third-order valence-electron chi connectivity index (χ3n) is 4.38. The molecular formula is C18H21N5O5S. The molecule has 0 saturated heterocycles. The average molecular weight is 419 g/mol. The summed E-state index contributed by atoms with van der Waals surface area (Å²) in [6.45, 7) is 3.34. The number of anilines is 1. The maximum atomic E-state index is 12.7. The van der Waals surface area contributed by atoms with E-state index in [2.05, 4.69) is 10.3 Å². The Hall–Kier alpha value is -3.21. The molecule has 0 aliphatic heterocycles. The van der Waals surface area contributed by atoms with Gasteiger partial charge < -0.3 is 14.6 Å². The summed E-state index contributed by atoms with van der Waals surface area (Å²) in [6.07, 6.45) is 2.11. The predicted octanol–water partition coefficient (Wildman–Crippen LogP) is 0.873. The Morgan fingerprint density at radius 2 is 1.97 bits per heavy atom. The zero-order valence-electron chi connectivity index (χ0n) is 16.5. The van der Waals surface area contributed by atoms with Gasteiger partial charge in [0.15, 0.2) is 11.2 Å². The maximum absolute atomic E-state index is 12.7. The summed E-state index contributed by atoms with van der Waals surface area (Å²) in [7, 11) is 3.12. The Balaban J connectivity index is 1.94. The third kappa shape index (κ3) is 3.73. The number of aryl methyl sites for hydroxylation is 3. The Morgan fingerprint density at radius 1 is 1.24 bits per heavy atom. The molecule has 29 heavy (non-hydrogen) atoms. The van der Waals surface area contributed by atoms with Gasteiger partial charge in [0.2, 0.25) is 5.91 Å². The van der Waals surface area contributed by atoms with Crippen LogP contribution in [0.5, 0.6) is 0 Å². The molecule has 0 aliphatic rings. The van der Waals surface area contributed by atoms with Crippen molar-refractivity contribution in [2.24, 2.45) is 14.1 Å². The van der Waals surface area contributed by atoms with E-state index in [-0.39, 0.29) is 23.3 Å². The second-order valence-electron chi connectivity index (χ2n) is 6.34. The fraction of sp³-hybridized carbons (Fsp3) is 0.389. The van der Waals surface area contributed by atoms with Crippen LogP contribution < -0.4 is 16.6 Å². The Bertz CT molecular complexity index is 1220. The molecule has 3 rings (SSSR count). The van der Waals surface area contributed by atoms with E-state index >= 15 is 0 Å². The minimum Gasteiger partial charge on any atom is -0.462 e. The molecule has 11 heteroatoms. The summed E-state index contributed by atoms with van der Waals surface area (Å²) in [5.41, 5.74) is -0.540. The highest BCUT2D eigenvalue weighted by atomic mass is 32.1. The molecule has 0 radical (unpaired) electrons. The van der Waals surface area contributed by atoms with Crippen molar-refractivity contribution in [2.45, 2.75) is 26.8 Å². The van der Waals surface area contributed by atoms with Crippen molar-refractivity contribution >= 4 is 39.4 Å². The molecule has 1 N–H and O–H groups in total. The fourth-order valence-electron chi connectivity index (χ4n) is 2.92. The largest absolute Gasteiger partial charge is 0.462 e. The number of imidazole rings is 1. The number of aromatic nitrogens is 4. The van der Waals surface area contributed by atoms with Gasteiger partial charge in [-0.15, -0.1) is 11.3 Å². The molecule has 3 aromatic rings. The van der Waals surface area contributed by atoms with Crippen LogP contribution in [0.1, 0.15) is 29.1 Å². The van der Waals surface area contributed by atoms with E-state index in [0.29, 0.717) is 11.4 Å². The van der Waals surface area contributed by atoms with Crippen molar-refractivity contribution in [1.82, 2.24) is 18.7 Å². The van der Waals surface area contributed by atoms with Crippen LogP contribution in [0.4, 0.5) is 5.00 Å². The molecule has 0 fully saturated rings. The molecule has 0 spiro atoms. The van der Waals surface area contributed by atoms with Crippen molar-refractivity contribution < 1.29 is 14.3 Å². The summed E-state index contributed by atoms with van der Waals surface area (Å²) in [4.78, 5) is 55.0. The molecule has 0 aromatic carbocycles. The number of hydrogen-bond donors (Lipinski definition) is 1. The topological polar surface area (TPSA) is 117 Å². The fourth-order valence-corrected chi connectivity index (χ4v) is 3.92. The minimum atomic E-state index is -0.651. The lowest BCUT2D eigenvalue weighted by Crippen LogP contribution is -2.42. The van der Waals surface area contributed by atoms with Gasteiger partial charge in [0.1, 0.15) is 11.5 Å². The first-order valence-electron chi connectivity index (χ1n) is 8.98. The number of thiophene rings is 1. The Labute approximate surface area is 169 Å². The van der Waals surface area contributed by atoms with E-state index in [1.165, 1.54) is 33.8 Å². The van der Waals surface area contributed by atoms with E-state index in [4.69, 9.17) is 4.74 Å². The van der Waals surface area contributed by atoms with Crippen LogP contribution in [0.25, 0.3) is 11.2 Å². The molecule has 0 bridgehead atoms. The molecule has 154 valence electrons. The molecule has 1 amide bonds. The summed E-state index contributed by atoms with van der Waals surface area (Å²) in [6, 6.07) is 1.67. The van der Waals surface area contributed by atoms with Crippen molar-refractivity contribution in [1.29, 1.82) is 0 Å². The first-order chi connectivity index (χ1) is 13.8. The zero-order valence-corrected chi connectivity index (χ0v) is 17.3. The SMILES string of the molecule is CCOC(=O)c1cc(CC)sc1NC(=O)Cn1c(=O)c2c(ncn2C)n(C)c1=O. The van der Waals surface area contributed by atoms with Crippen LogP contribution in [0.15, 0.2) is 22.0 Å². The number of ether oxygens (including phenoxy) is 1. The highest BCUT2D eigenvalue weighted by molar-refractivity contribution is 7.16. The summed E-state index contributed by atoms with van der Waals surface area (Å²) >= 11 is 1.25. The van der Waals surface area contributed by atoms with Gasteiger partial charge in [-0.2, -0.15) is 0 Å². The molecular weight excluding hydrogens is 398 g/mol. The zero-order chi connectivity index (χ0) is 21.3. The highest BCUT2D eigenvalue weighted by Crippen LogP contribution is 2.29.